The lowest BCUT2D eigenvalue weighted by Crippen LogP contribution is -1.92. The number of hydrogen-bond acceptors (Lipinski definition) is 3. The van der Waals surface area contributed by atoms with Crippen molar-refractivity contribution in [2.75, 3.05) is 11.1 Å². The normalized spacial score (nSPS) is 11.5. The molecule has 0 atom stereocenters. The standard InChI is InChI=1S/C39H28N2O/c1-24-20-32(30-12-7-13-36(40)33(30)21-24)35-23-27(22-34-31-11-4-5-15-38(31)42-39(34)35)25-16-18-28(19-17-25)41-37-14-6-9-26-8-2-3-10-29(26)37/h2-23,41H,40H2,1H3. The van der Waals surface area contributed by atoms with Gasteiger partial charge in [-0.2, -0.15) is 0 Å². The number of rotatable bonds is 4. The second kappa shape index (κ2) is 9.53. The molecule has 8 aromatic rings. The van der Waals surface area contributed by atoms with Gasteiger partial charge in [-0.1, -0.05) is 84.9 Å². The van der Waals surface area contributed by atoms with Crippen LogP contribution in [0.2, 0.25) is 0 Å². The van der Waals surface area contributed by atoms with Gasteiger partial charge in [-0.15, -0.1) is 0 Å². The molecule has 0 bridgehead atoms. The molecule has 0 spiro atoms. The van der Waals surface area contributed by atoms with Crippen LogP contribution in [0.25, 0.3) is 65.7 Å². The van der Waals surface area contributed by atoms with Gasteiger partial charge in [0.25, 0.3) is 0 Å². The van der Waals surface area contributed by atoms with Crippen molar-refractivity contribution in [3.8, 4) is 22.3 Å². The number of nitrogens with one attached hydrogen (secondary N) is 1. The van der Waals surface area contributed by atoms with Gasteiger partial charge < -0.3 is 15.5 Å². The van der Waals surface area contributed by atoms with E-state index in [4.69, 9.17) is 10.2 Å². The summed E-state index contributed by atoms with van der Waals surface area (Å²) in [5.74, 6) is 0. The highest BCUT2D eigenvalue weighted by Crippen LogP contribution is 2.42. The summed E-state index contributed by atoms with van der Waals surface area (Å²) in [6, 6.07) is 46.8. The summed E-state index contributed by atoms with van der Waals surface area (Å²) in [7, 11) is 0. The van der Waals surface area contributed by atoms with Gasteiger partial charge in [0.05, 0.1) is 0 Å². The lowest BCUT2D eigenvalue weighted by atomic mass is 9.91. The highest BCUT2D eigenvalue weighted by atomic mass is 16.3. The van der Waals surface area contributed by atoms with E-state index in [1.54, 1.807) is 0 Å². The van der Waals surface area contributed by atoms with Crippen molar-refractivity contribution in [3.63, 3.8) is 0 Å². The summed E-state index contributed by atoms with van der Waals surface area (Å²) >= 11 is 0. The molecule has 42 heavy (non-hydrogen) atoms. The molecule has 1 heterocycles. The first-order valence-corrected chi connectivity index (χ1v) is 14.2. The predicted molar refractivity (Wildman–Crippen MR) is 178 cm³/mol. The van der Waals surface area contributed by atoms with E-state index in [2.05, 4.69) is 121 Å². The van der Waals surface area contributed by atoms with Crippen molar-refractivity contribution < 1.29 is 4.42 Å². The van der Waals surface area contributed by atoms with Crippen LogP contribution in [-0.4, -0.2) is 0 Å². The largest absolute Gasteiger partial charge is 0.455 e. The molecular weight excluding hydrogens is 512 g/mol. The zero-order valence-electron chi connectivity index (χ0n) is 23.2. The Balaban J connectivity index is 1.29. The highest BCUT2D eigenvalue weighted by molar-refractivity contribution is 6.14. The minimum atomic E-state index is 0.781. The second-order valence-electron chi connectivity index (χ2n) is 11.0. The molecular formula is C39H28N2O. The van der Waals surface area contributed by atoms with Gasteiger partial charge in [0, 0.05) is 44.2 Å². The molecule has 0 amide bonds. The molecule has 3 heteroatoms. The van der Waals surface area contributed by atoms with Crippen molar-refractivity contribution in [2.24, 2.45) is 0 Å². The Kier molecular flexibility index (Phi) is 5.51. The van der Waals surface area contributed by atoms with Crippen LogP contribution in [0, 0.1) is 6.92 Å². The van der Waals surface area contributed by atoms with E-state index >= 15 is 0 Å². The number of nitrogen functional groups attached to an aromatic ring is 1. The molecule has 0 saturated heterocycles. The van der Waals surface area contributed by atoms with E-state index in [-0.39, 0.29) is 0 Å². The SMILES string of the molecule is Cc1cc(-c2cc(-c3ccc(Nc4cccc5ccccc45)cc3)cc3c2oc2ccccc23)c2cccc(N)c2c1. The van der Waals surface area contributed by atoms with Gasteiger partial charge in [0.15, 0.2) is 0 Å². The smallest absolute Gasteiger partial charge is 0.143 e. The molecule has 3 N–H and O–H groups in total. The first-order chi connectivity index (χ1) is 20.6. The van der Waals surface area contributed by atoms with Crippen LogP contribution in [0.4, 0.5) is 17.1 Å². The second-order valence-corrected chi connectivity index (χ2v) is 11.0. The van der Waals surface area contributed by atoms with Crippen LogP contribution in [0.15, 0.2) is 138 Å². The van der Waals surface area contributed by atoms with Crippen molar-refractivity contribution in [1.82, 2.24) is 0 Å². The first-order valence-electron chi connectivity index (χ1n) is 14.2. The van der Waals surface area contributed by atoms with Gasteiger partial charge in [-0.05, 0) is 88.5 Å². The molecule has 0 aliphatic rings. The van der Waals surface area contributed by atoms with E-state index in [0.29, 0.717) is 0 Å². The molecule has 200 valence electrons. The van der Waals surface area contributed by atoms with E-state index in [0.717, 1.165) is 77.6 Å². The number of hydrogen-bond donors (Lipinski definition) is 2. The van der Waals surface area contributed by atoms with Gasteiger partial charge in [0.2, 0.25) is 0 Å². The quantitative estimate of drug-likeness (QED) is 0.218. The fourth-order valence-corrected chi connectivity index (χ4v) is 6.21. The Morgan fingerprint density at radius 3 is 2.17 bits per heavy atom. The number of furan rings is 1. The summed E-state index contributed by atoms with van der Waals surface area (Å²) < 4.78 is 6.53. The fourth-order valence-electron chi connectivity index (χ4n) is 6.21. The van der Waals surface area contributed by atoms with Crippen LogP contribution in [0.3, 0.4) is 0 Å². The molecule has 0 saturated carbocycles. The monoisotopic (exact) mass is 540 g/mol. The van der Waals surface area contributed by atoms with Crippen LogP contribution >= 0.6 is 0 Å². The molecule has 0 unspecified atom stereocenters. The number of nitrogens with two attached hydrogens (primary N) is 1. The Morgan fingerprint density at radius 1 is 0.548 bits per heavy atom. The zero-order valence-corrected chi connectivity index (χ0v) is 23.2. The Morgan fingerprint density at radius 2 is 1.29 bits per heavy atom. The molecule has 0 aliphatic heterocycles. The lowest BCUT2D eigenvalue weighted by Gasteiger charge is -2.14. The summed E-state index contributed by atoms with van der Waals surface area (Å²) in [4.78, 5) is 0. The molecule has 1 aromatic heterocycles. The summed E-state index contributed by atoms with van der Waals surface area (Å²) in [5, 5.41) is 10.4. The van der Waals surface area contributed by atoms with Crippen LogP contribution < -0.4 is 11.1 Å². The number of aryl methyl sites for hydroxylation is 1. The van der Waals surface area contributed by atoms with E-state index in [9.17, 15) is 0 Å². The average molecular weight is 541 g/mol. The molecule has 8 rings (SSSR count). The number of benzene rings is 7. The molecule has 7 aromatic carbocycles. The Hall–Kier alpha value is -5.54. The van der Waals surface area contributed by atoms with Crippen LogP contribution in [0.1, 0.15) is 5.56 Å². The number of anilines is 3. The predicted octanol–water partition coefficient (Wildman–Crippen LogP) is 10.9. The third kappa shape index (κ3) is 3.98. The summed E-state index contributed by atoms with van der Waals surface area (Å²) in [6.45, 7) is 2.12. The molecule has 3 nitrogen and oxygen atoms in total. The van der Waals surface area contributed by atoms with Crippen molar-refractivity contribution in [2.45, 2.75) is 6.92 Å². The highest BCUT2D eigenvalue weighted by Gasteiger charge is 2.17. The third-order valence-electron chi connectivity index (χ3n) is 8.23. The Bertz CT molecular complexity index is 2290. The summed E-state index contributed by atoms with van der Waals surface area (Å²) in [5.41, 5.74) is 16.8. The maximum atomic E-state index is 6.53. The minimum Gasteiger partial charge on any atom is -0.455 e. The lowest BCUT2D eigenvalue weighted by molar-refractivity contribution is 0.670. The minimum absolute atomic E-state index is 0.781. The van der Waals surface area contributed by atoms with Gasteiger partial charge in [-0.25, -0.2) is 0 Å². The van der Waals surface area contributed by atoms with Crippen LogP contribution in [-0.2, 0) is 0 Å². The molecule has 0 radical (unpaired) electrons. The maximum absolute atomic E-state index is 6.53. The van der Waals surface area contributed by atoms with Crippen molar-refractivity contribution in [1.29, 1.82) is 0 Å². The summed E-state index contributed by atoms with van der Waals surface area (Å²) in [6.07, 6.45) is 0. The van der Waals surface area contributed by atoms with Crippen molar-refractivity contribution in [3.05, 3.63) is 139 Å². The third-order valence-corrected chi connectivity index (χ3v) is 8.23. The number of para-hydroxylation sites is 1. The maximum Gasteiger partial charge on any atom is 0.143 e. The van der Waals surface area contributed by atoms with Gasteiger partial charge in [0.1, 0.15) is 11.2 Å². The Labute approximate surface area is 243 Å². The van der Waals surface area contributed by atoms with E-state index < -0.39 is 0 Å². The van der Waals surface area contributed by atoms with E-state index in [1.165, 1.54) is 10.8 Å². The fraction of sp³-hybridized carbons (Fsp3) is 0.0256. The zero-order chi connectivity index (χ0) is 28.2. The number of fused-ring (bicyclic) bond motifs is 5. The van der Waals surface area contributed by atoms with Gasteiger partial charge >= 0.3 is 0 Å². The first kappa shape index (κ1) is 24.3. The molecule has 0 fully saturated rings. The average Bonchev–Trinajstić information content (AvgIpc) is 3.40. The van der Waals surface area contributed by atoms with E-state index in [1.807, 2.05) is 24.3 Å². The topological polar surface area (TPSA) is 51.2 Å². The van der Waals surface area contributed by atoms with Crippen molar-refractivity contribution >= 4 is 60.5 Å². The van der Waals surface area contributed by atoms with Crippen LogP contribution in [0.5, 0.6) is 0 Å². The molecule has 0 aliphatic carbocycles. The van der Waals surface area contributed by atoms with Gasteiger partial charge in [-0.3, -0.25) is 0 Å².